The van der Waals surface area contributed by atoms with E-state index in [1.54, 1.807) is 24.3 Å². The minimum atomic E-state index is -3.79. The van der Waals surface area contributed by atoms with Gasteiger partial charge in [-0.05, 0) is 55.0 Å². The van der Waals surface area contributed by atoms with Crippen molar-refractivity contribution in [3.8, 4) is 0 Å². The molecule has 0 unspecified atom stereocenters. The largest absolute Gasteiger partial charge is 0.469 e. The Labute approximate surface area is 167 Å². The lowest BCUT2D eigenvalue weighted by Gasteiger charge is -2.68. The summed E-state index contributed by atoms with van der Waals surface area (Å²) in [6.45, 7) is 0. The Morgan fingerprint density at radius 1 is 1.21 bits per heavy atom. The van der Waals surface area contributed by atoms with Crippen molar-refractivity contribution in [3.63, 3.8) is 0 Å². The fourth-order valence-electron chi connectivity index (χ4n) is 4.45. The quantitative estimate of drug-likeness (QED) is 0.722. The van der Waals surface area contributed by atoms with E-state index in [1.165, 1.54) is 25.3 Å². The Balaban J connectivity index is 1.55. The highest BCUT2D eigenvalue weighted by atomic mass is 35.5. The van der Waals surface area contributed by atoms with Crippen LogP contribution < -0.4 is 4.72 Å². The van der Waals surface area contributed by atoms with Crippen LogP contribution >= 0.6 is 11.6 Å². The number of esters is 1. The molecule has 3 aliphatic rings. The number of ether oxygens (including phenoxy) is 1. The maximum Gasteiger partial charge on any atom is 0.312 e. The van der Waals surface area contributed by atoms with Crippen molar-refractivity contribution in [1.82, 2.24) is 4.72 Å². The van der Waals surface area contributed by atoms with Gasteiger partial charge in [-0.3, -0.25) is 4.79 Å². The summed E-state index contributed by atoms with van der Waals surface area (Å²) < 4.78 is 47.3. The second-order valence-electron chi connectivity index (χ2n) is 7.72. The van der Waals surface area contributed by atoms with E-state index in [2.05, 4.69) is 4.72 Å². The van der Waals surface area contributed by atoms with E-state index in [1.807, 2.05) is 0 Å². The Hall–Kier alpha value is -1.96. The molecule has 3 aliphatic carbocycles. The minimum absolute atomic E-state index is 0.0227. The average Bonchev–Trinajstić information content (AvgIpc) is 2.60. The summed E-state index contributed by atoms with van der Waals surface area (Å²) in [5.74, 6) is -0.821. The molecule has 0 aliphatic heterocycles. The molecule has 2 aromatic rings. The van der Waals surface area contributed by atoms with E-state index >= 15 is 0 Å². The number of sulfonamides is 1. The molecule has 2 aromatic carbocycles. The standard InChI is InChI=1S/C20H19ClFNO4S/c1-27-18(24)19-10-20(11-19,12-19)23-28(25,26)17-5-3-2-4-14(17)8-13-6-7-15(21)16(22)9-13/h2-7,9,23H,8,10-12H2,1H3. The molecule has 3 saturated carbocycles. The summed E-state index contributed by atoms with van der Waals surface area (Å²) >= 11 is 5.72. The fraction of sp³-hybridized carbons (Fsp3) is 0.350. The molecule has 1 N–H and O–H groups in total. The summed E-state index contributed by atoms with van der Waals surface area (Å²) in [5.41, 5.74) is 0.0788. The first-order chi connectivity index (χ1) is 13.2. The third-order valence-corrected chi connectivity index (χ3v) is 7.63. The van der Waals surface area contributed by atoms with Crippen molar-refractivity contribution in [2.45, 2.75) is 36.1 Å². The average molecular weight is 424 g/mol. The second kappa shape index (κ2) is 6.54. The molecule has 0 heterocycles. The second-order valence-corrected chi connectivity index (χ2v) is 9.78. The number of rotatable bonds is 6. The molecule has 0 radical (unpaired) electrons. The highest BCUT2D eigenvalue weighted by Crippen LogP contribution is 2.68. The van der Waals surface area contributed by atoms with Crippen LogP contribution in [0.2, 0.25) is 5.02 Å². The number of carbonyl (C=O) groups is 1. The normalized spacial score (nSPS) is 25.5. The molecule has 0 saturated heterocycles. The van der Waals surface area contributed by atoms with Crippen molar-refractivity contribution in [3.05, 3.63) is 64.4 Å². The molecule has 28 heavy (non-hydrogen) atoms. The summed E-state index contributed by atoms with van der Waals surface area (Å²) in [7, 11) is -2.45. The Morgan fingerprint density at radius 2 is 1.89 bits per heavy atom. The van der Waals surface area contributed by atoms with Crippen molar-refractivity contribution in [2.75, 3.05) is 7.11 Å². The minimum Gasteiger partial charge on any atom is -0.469 e. The van der Waals surface area contributed by atoms with Crippen LogP contribution in [0.5, 0.6) is 0 Å². The van der Waals surface area contributed by atoms with E-state index in [9.17, 15) is 17.6 Å². The zero-order valence-electron chi connectivity index (χ0n) is 15.2. The van der Waals surface area contributed by atoms with Crippen molar-refractivity contribution in [2.24, 2.45) is 5.41 Å². The summed E-state index contributed by atoms with van der Waals surface area (Å²) in [6.07, 6.45) is 1.62. The van der Waals surface area contributed by atoms with Crippen molar-refractivity contribution >= 4 is 27.6 Å². The van der Waals surface area contributed by atoms with E-state index < -0.39 is 26.8 Å². The van der Waals surface area contributed by atoms with Crippen molar-refractivity contribution < 1.29 is 22.3 Å². The van der Waals surface area contributed by atoms with Gasteiger partial charge in [-0.2, -0.15) is 0 Å². The molecule has 0 spiro atoms. The van der Waals surface area contributed by atoms with Crippen LogP contribution in [-0.4, -0.2) is 27.0 Å². The van der Waals surface area contributed by atoms with Gasteiger partial charge >= 0.3 is 5.97 Å². The molecule has 0 amide bonds. The van der Waals surface area contributed by atoms with Gasteiger partial charge in [0.15, 0.2) is 0 Å². The lowest BCUT2D eigenvalue weighted by molar-refractivity contribution is -0.197. The zero-order valence-corrected chi connectivity index (χ0v) is 16.7. The third kappa shape index (κ3) is 3.11. The van der Waals surface area contributed by atoms with Gasteiger partial charge in [0.25, 0.3) is 0 Å². The first-order valence-corrected chi connectivity index (χ1v) is 10.7. The first-order valence-electron chi connectivity index (χ1n) is 8.83. The van der Waals surface area contributed by atoms with Gasteiger partial charge in [0, 0.05) is 5.54 Å². The Bertz CT molecular complexity index is 1050. The van der Waals surface area contributed by atoms with Gasteiger partial charge in [-0.15, -0.1) is 0 Å². The summed E-state index contributed by atoms with van der Waals surface area (Å²) in [6, 6.07) is 11.1. The smallest absolute Gasteiger partial charge is 0.312 e. The molecule has 2 bridgehead atoms. The first kappa shape index (κ1) is 19.4. The highest BCUT2D eigenvalue weighted by Gasteiger charge is 2.73. The number of carbonyl (C=O) groups excluding carboxylic acids is 1. The monoisotopic (exact) mass is 423 g/mol. The molecular weight excluding hydrogens is 405 g/mol. The third-order valence-electron chi connectivity index (χ3n) is 5.64. The number of hydrogen-bond acceptors (Lipinski definition) is 4. The molecular formula is C20H19ClFNO4S. The molecule has 8 heteroatoms. The van der Waals surface area contributed by atoms with Crippen LogP contribution in [-0.2, 0) is 26.0 Å². The maximum absolute atomic E-state index is 13.7. The Morgan fingerprint density at radius 3 is 2.54 bits per heavy atom. The van der Waals surface area contributed by atoms with E-state index in [0.29, 0.717) is 30.4 Å². The number of hydrogen-bond donors (Lipinski definition) is 1. The van der Waals surface area contributed by atoms with Gasteiger partial charge < -0.3 is 4.74 Å². The van der Waals surface area contributed by atoms with E-state index in [-0.39, 0.29) is 22.3 Å². The SMILES string of the molecule is COC(=O)C12CC(NS(=O)(=O)c3ccccc3Cc3ccc(Cl)c(F)c3)(C1)C2. The fourth-order valence-corrected chi connectivity index (χ4v) is 6.21. The van der Waals surface area contributed by atoms with Crippen LogP contribution in [0.25, 0.3) is 0 Å². The van der Waals surface area contributed by atoms with Gasteiger partial charge in [-0.25, -0.2) is 17.5 Å². The number of halogens is 2. The molecule has 148 valence electrons. The zero-order chi connectivity index (χ0) is 20.2. The molecule has 5 rings (SSSR count). The predicted octanol–water partition coefficient (Wildman–Crippen LogP) is 3.44. The van der Waals surface area contributed by atoms with Gasteiger partial charge in [0.2, 0.25) is 10.0 Å². The Kier molecular flexibility index (Phi) is 4.52. The van der Waals surface area contributed by atoms with Crippen LogP contribution in [0.15, 0.2) is 47.4 Å². The lowest BCUT2D eigenvalue weighted by atomic mass is 9.40. The summed E-state index contributed by atoms with van der Waals surface area (Å²) in [5, 5.41) is 0.0227. The van der Waals surface area contributed by atoms with Gasteiger partial charge in [-0.1, -0.05) is 35.9 Å². The van der Waals surface area contributed by atoms with E-state index in [0.717, 1.165) is 0 Å². The topological polar surface area (TPSA) is 72.5 Å². The van der Waals surface area contributed by atoms with Crippen LogP contribution in [0.3, 0.4) is 0 Å². The molecule has 3 fully saturated rings. The number of methoxy groups -OCH3 is 1. The van der Waals surface area contributed by atoms with E-state index in [4.69, 9.17) is 16.3 Å². The van der Waals surface area contributed by atoms with Crippen molar-refractivity contribution in [1.29, 1.82) is 0 Å². The number of nitrogens with one attached hydrogen (secondary N) is 1. The predicted molar refractivity (Wildman–Crippen MR) is 102 cm³/mol. The lowest BCUT2D eigenvalue weighted by Crippen LogP contribution is -2.77. The molecule has 5 nitrogen and oxygen atoms in total. The molecule has 0 aromatic heterocycles. The van der Waals surface area contributed by atoms with Crippen LogP contribution in [0, 0.1) is 11.2 Å². The van der Waals surface area contributed by atoms with Gasteiger partial charge in [0.1, 0.15) is 5.82 Å². The summed E-state index contributed by atoms with van der Waals surface area (Å²) in [4.78, 5) is 12.0. The molecule has 0 atom stereocenters. The van der Waals surface area contributed by atoms with Crippen LogP contribution in [0.1, 0.15) is 30.4 Å². The van der Waals surface area contributed by atoms with Gasteiger partial charge in [0.05, 0.1) is 22.4 Å². The number of benzene rings is 2. The maximum atomic E-state index is 13.7. The van der Waals surface area contributed by atoms with Crippen LogP contribution in [0.4, 0.5) is 4.39 Å². The highest BCUT2D eigenvalue weighted by molar-refractivity contribution is 7.89.